The molecular weight excluding hydrogens is 264 g/mol. The van der Waals surface area contributed by atoms with Gasteiger partial charge in [-0.2, -0.15) is 5.10 Å². The van der Waals surface area contributed by atoms with Gasteiger partial charge in [-0.25, -0.2) is 4.98 Å². The van der Waals surface area contributed by atoms with E-state index in [9.17, 15) is 0 Å². The molecule has 0 fully saturated rings. The molecule has 6 heteroatoms. The van der Waals surface area contributed by atoms with E-state index >= 15 is 0 Å². The number of nitrogens with one attached hydrogen (secondary N) is 1. The molecule has 2 heterocycles. The van der Waals surface area contributed by atoms with Crippen LogP contribution in [0.2, 0.25) is 0 Å². The number of aryl methyl sites for hydroxylation is 1. The van der Waals surface area contributed by atoms with E-state index in [2.05, 4.69) is 27.0 Å². The van der Waals surface area contributed by atoms with E-state index < -0.39 is 0 Å². The second-order valence-corrected chi connectivity index (χ2v) is 6.00. The smallest absolute Gasteiger partial charge is 0.204 e. The SMILES string of the molecule is CN(C)c1ncc(CNC2CCCc3c2cnn3C)n1C. The van der Waals surface area contributed by atoms with Gasteiger partial charge in [-0.1, -0.05) is 0 Å². The van der Waals surface area contributed by atoms with Crippen LogP contribution in [0.1, 0.15) is 35.8 Å². The van der Waals surface area contributed by atoms with Crippen molar-refractivity contribution in [2.45, 2.75) is 31.8 Å². The molecule has 0 amide bonds. The van der Waals surface area contributed by atoms with Crippen LogP contribution in [-0.4, -0.2) is 33.4 Å². The number of hydrogen-bond acceptors (Lipinski definition) is 4. The van der Waals surface area contributed by atoms with Crippen molar-refractivity contribution in [3.8, 4) is 0 Å². The van der Waals surface area contributed by atoms with Gasteiger partial charge in [-0.3, -0.25) is 4.68 Å². The van der Waals surface area contributed by atoms with Crippen LogP contribution in [0.15, 0.2) is 12.4 Å². The van der Waals surface area contributed by atoms with Gasteiger partial charge in [-0.15, -0.1) is 0 Å². The summed E-state index contributed by atoms with van der Waals surface area (Å²) in [5.74, 6) is 0.984. The maximum atomic E-state index is 4.46. The lowest BCUT2D eigenvalue weighted by Crippen LogP contribution is -2.26. The van der Waals surface area contributed by atoms with Gasteiger partial charge in [-0.05, 0) is 19.3 Å². The van der Waals surface area contributed by atoms with E-state index in [0.29, 0.717) is 6.04 Å². The average molecular weight is 288 g/mol. The lowest BCUT2D eigenvalue weighted by atomic mass is 9.93. The third-order valence-electron chi connectivity index (χ3n) is 4.37. The van der Waals surface area contributed by atoms with Gasteiger partial charge >= 0.3 is 0 Å². The number of anilines is 1. The first-order valence-corrected chi connectivity index (χ1v) is 7.50. The Hall–Kier alpha value is -1.82. The summed E-state index contributed by atoms with van der Waals surface area (Å²) in [6, 6.07) is 0.403. The molecule has 0 saturated heterocycles. The quantitative estimate of drug-likeness (QED) is 0.923. The molecule has 0 radical (unpaired) electrons. The van der Waals surface area contributed by atoms with Gasteiger partial charge in [0, 0.05) is 52.0 Å². The van der Waals surface area contributed by atoms with Crippen LogP contribution in [0, 0.1) is 0 Å². The van der Waals surface area contributed by atoms with Gasteiger partial charge in [0.05, 0.1) is 18.1 Å². The molecule has 114 valence electrons. The van der Waals surface area contributed by atoms with E-state index in [4.69, 9.17) is 0 Å². The van der Waals surface area contributed by atoms with E-state index in [-0.39, 0.29) is 0 Å². The molecule has 1 unspecified atom stereocenters. The van der Waals surface area contributed by atoms with Crippen molar-refractivity contribution < 1.29 is 0 Å². The Balaban J connectivity index is 1.72. The Morgan fingerprint density at radius 3 is 2.86 bits per heavy atom. The molecule has 0 aliphatic heterocycles. The van der Waals surface area contributed by atoms with E-state index in [1.165, 1.54) is 29.8 Å². The largest absolute Gasteiger partial charge is 0.348 e. The summed E-state index contributed by atoms with van der Waals surface area (Å²) in [6.45, 7) is 0.830. The molecule has 6 nitrogen and oxygen atoms in total. The molecular formula is C15H24N6. The van der Waals surface area contributed by atoms with Crippen molar-refractivity contribution in [1.82, 2.24) is 24.6 Å². The summed E-state index contributed by atoms with van der Waals surface area (Å²) < 4.78 is 4.15. The topological polar surface area (TPSA) is 50.9 Å². The van der Waals surface area contributed by atoms with Gasteiger partial charge in [0.1, 0.15) is 0 Å². The van der Waals surface area contributed by atoms with Crippen molar-refractivity contribution in [2.24, 2.45) is 14.1 Å². The van der Waals surface area contributed by atoms with Gasteiger partial charge in [0.2, 0.25) is 5.95 Å². The molecule has 0 spiro atoms. The van der Waals surface area contributed by atoms with Crippen LogP contribution in [0.4, 0.5) is 5.95 Å². The Morgan fingerprint density at radius 2 is 2.14 bits per heavy atom. The molecule has 1 N–H and O–H groups in total. The van der Waals surface area contributed by atoms with E-state index in [0.717, 1.165) is 18.9 Å². The summed E-state index contributed by atoms with van der Waals surface area (Å²) in [6.07, 6.45) is 7.51. The summed E-state index contributed by atoms with van der Waals surface area (Å²) in [7, 11) is 8.13. The first kappa shape index (κ1) is 14.1. The van der Waals surface area contributed by atoms with Crippen LogP contribution in [0.25, 0.3) is 0 Å². The Morgan fingerprint density at radius 1 is 1.33 bits per heavy atom. The Bertz CT molecular complexity index is 624. The highest BCUT2D eigenvalue weighted by atomic mass is 15.3. The van der Waals surface area contributed by atoms with Crippen LogP contribution in [0.3, 0.4) is 0 Å². The average Bonchev–Trinajstić information content (AvgIpc) is 3.01. The molecule has 0 saturated carbocycles. The normalized spacial score (nSPS) is 17.8. The minimum absolute atomic E-state index is 0.403. The lowest BCUT2D eigenvalue weighted by Gasteiger charge is -2.24. The third-order valence-corrected chi connectivity index (χ3v) is 4.37. The molecule has 3 rings (SSSR count). The fourth-order valence-corrected chi connectivity index (χ4v) is 3.16. The number of aromatic nitrogens is 4. The Labute approximate surface area is 125 Å². The number of imidazole rings is 1. The summed E-state index contributed by atoms with van der Waals surface area (Å²) >= 11 is 0. The molecule has 21 heavy (non-hydrogen) atoms. The minimum atomic E-state index is 0.403. The molecule has 1 aliphatic carbocycles. The molecule has 2 aromatic rings. The molecule has 2 aromatic heterocycles. The highest BCUT2D eigenvalue weighted by molar-refractivity contribution is 5.31. The standard InChI is InChI=1S/C15H24N6/c1-19(2)15-17-9-11(20(15)3)8-16-13-6-5-7-14-12(13)10-18-21(14)4/h9-10,13,16H,5-8H2,1-4H3. The minimum Gasteiger partial charge on any atom is -0.348 e. The van der Waals surface area contributed by atoms with Gasteiger partial charge in [0.25, 0.3) is 0 Å². The lowest BCUT2D eigenvalue weighted by molar-refractivity contribution is 0.446. The second-order valence-electron chi connectivity index (χ2n) is 6.00. The predicted molar refractivity (Wildman–Crippen MR) is 83.3 cm³/mol. The van der Waals surface area contributed by atoms with Crippen molar-refractivity contribution in [3.05, 3.63) is 29.3 Å². The molecule has 1 aliphatic rings. The third kappa shape index (κ3) is 2.55. The number of rotatable bonds is 4. The van der Waals surface area contributed by atoms with Crippen LogP contribution in [0.5, 0.6) is 0 Å². The molecule has 1 atom stereocenters. The van der Waals surface area contributed by atoms with Crippen LogP contribution < -0.4 is 10.2 Å². The van der Waals surface area contributed by atoms with E-state index in [1.807, 2.05) is 43.1 Å². The van der Waals surface area contributed by atoms with Crippen molar-refractivity contribution in [2.75, 3.05) is 19.0 Å². The number of hydrogen-bond donors (Lipinski definition) is 1. The maximum absolute atomic E-state index is 4.46. The van der Waals surface area contributed by atoms with Crippen molar-refractivity contribution >= 4 is 5.95 Å². The molecule has 0 bridgehead atoms. The number of fused-ring (bicyclic) bond motifs is 1. The number of nitrogens with zero attached hydrogens (tertiary/aromatic N) is 5. The highest BCUT2D eigenvalue weighted by Crippen LogP contribution is 2.29. The van der Waals surface area contributed by atoms with Gasteiger partial charge < -0.3 is 14.8 Å². The molecule has 0 aromatic carbocycles. The van der Waals surface area contributed by atoms with E-state index in [1.54, 1.807) is 0 Å². The predicted octanol–water partition coefficient (Wildman–Crippen LogP) is 1.39. The fourth-order valence-electron chi connectivity index (χ4n) is 3.16. The van der Waals surface area contributed by atoms with Crippen molar-refractivity contribution in [1.29, 1.82) is 0 Å². The maximum Gasteiger partial charge on any atom is 0.204 e. The highest BCUT2D eigenvalue weighted by Gasteiger charge is 2.23. The summed E-state index contributed by atoms with van der Waals surface area (Å²) in [5.41, 5.74) is 3.94. The second kappa shape index (κ2) is 5.52. The zero-order chi connectivity index (χ0) is 15.0. The Kier molecular flexibility index (Phi) is 3.71. The van der Waals surface area contributed by atoms with Crippen molar-refractivity contribution in [3.63, 3.8) is 0 Å². The first-order valence-electron chi connectivity index (χ1n) is 7.50. The summed E-state index contributed by atoms with van der Waals surface area (Å²) in [4.78, 5) is 6.49. The van der Waals surface area contributed by atoms with Crippen LogP contribution >= 0.6 is 0 Å². The first-order chi connectivity index (χ1) is 10.1. The van der Waals surface area contributed by atoms with Gasteiger partial charge in [0.15, 0.2) is 0 Å². The van der Waals surface area contributed by atoms with Crippen LogP contribution in [-0.2, 0) is 27.1 Å². The zero-order valence-electron chi connectivity index (χ0n) is 13.3. The fraction of sp³-hybridized carbons (Fsp3) is 0.600. The summed E-state index contributed by atoms with van der Waals surface area (Å²) in [5, 5.41) is 8.07. The monoisotopic (exact) mass is 288 g/mol. The zero-order valence-corrected chi connectivity index (χ0v) is 13.3.